The molecule has 0 amide bonds. The number of hydrogen-bond acceptors (Lipinski definition) is 2. The van der Waals surface area contributed by atoms with E-state index in [1.54, 1.807) is 0 Å². The van der Waals surface area contributed by atoms with Gasteiger partial charge in [-0.3, -0.25) is 0 Å². The lowest BCUT2D eigenvalue weighted by molar-refractivity contribution is 0.507. The third-order valence-electron chi connectivity index (χ3n) is 6.03. The van der Waals surface area contributed by atoms with Crippen molar-refractivity contribution in [3.8, 4) is 17.2 Å². The second-order valence-corrected chi connectivity index (χ2v) is 7.84. The third kappa shape index (κ3) is 2.57. The minimum absolute atomic E-state index is 0.537. The molecule has 0 bridgehead atoms. The molecule has 3 nitrogen and oxygen atoms in total. The van der Waals surface area contributed by atoms with Gasteiger partial charge in [-0.1, -0.05) is 19.1 Å². The second-order valence-electron chi connectivity index (χ2n) is 7.84. The molecule has 1 saturated carbocycles. The van der Waals surface area contributed by atoms with Crippen molar-refractivity contribution < 1.29 is 0 Å². The maximum absolute atomic E-state index is 9.51. The van der Waals surface area contributed by atoms with Crippen molar-refractivity contribution in [3.63, 3.8) is 0 Å². The van der Waals surface area contributed by atoms with Crippen LogP contribution in [0.4, 0.5) is 5.69 Å². The maximum Gasteiger partial charge on any atom is 0.0994 e. The van der Waals surface area contributed by atoms with Crippen molar-refractivity contribution >= 4 is 16.6 Å². The summed E-state index contributed by atoms with van der Waals surface area (Å²) >= 11 is 0. The highest BCUT2D eigenvalue weighted by Crippen LogP contribution is 2.41. The summed E-state index contributed by atoms with van der Waals surface area (Å²) in [6.45, 7) is 6.44. The van der Waals surface area contributed by atoms with E-state index in [4.69, 9.17) is 5.73 Å². The normalized spacial score (nSPS) is 19.8. The van der Waals surface area contributed by atoms with Crippen LogP contribution in [0.3, 0.4) is 0 Å². The van der Waals surface area contributed by atoms with Crippen molar-refractivity contribution in [2.24, 2.45) is 5.92 Å². The lowest BCUT2D eigenvalue weighted by Crippen LogP contribution is -2.03. The van der Waals surface area contributed by atoms with Gasteiger partial charge in [0.15, 0.2) is 0 Å². The molecular weight excluding hydrogens is 318 g/mol. The van der Waals surface area contributed by atoms with Crippen LogP contribution in [-0.2, 0) is 0 Å². The Morgan fingerprint density at radius 2 is 1.96 bits per heavy atom. The second kappa shape index (κ2) is 6.21. The third-order valence-corrected chi connectivity index (χ3v) is 6.03. The van der Waals surface area contributed by atoms with E-state index in [1.807, 2.05) is 19.1 Å². The Hall–Kier alpha value is -2.73. The number of aromatic nitrogens is 1. The van der Waals surface area contributed by atoms with E-state index in [0.717, 1.165) is 39.2 Å². The Bertz CT molecular complexity index is 1040. The van der Waals surface area contributed by atoms with Crippen molar-refractivity contribution in [1.82, 2.24) is 4.57 Å². The van der Waals surface area contributed by atoms with Crippen LogP contribution in [0.5, 0.6) is 0 Å². The standard InChI is InChI=1S/C23H25N3/c1-14-7-8-18(9-14)26-13-21(19-5-4-6-22(25)16(19)3)20-11-17(12-24)15(2)10-23(20)26/h4-6,10-11,13-14,18H,7-9,25H2,1-3H3. The van der Waals surface area contributed by atoms with E-state index in [9.17, 15) is 5.26 Å². The largest absolute Gasteiger partial charge is 0.398 e. The van der Waals surface area contributed by atoms with Crippen LogP contribution >= 0.6 is 0 Å². The fourth-order valence-corrected chi connectivity index (χ4v) is 4.41. The van der Waals surface area contributed by atoms with Crippen LogP contribution in [0.15, 0.2) is 36.5 Å². The van der Waals surface area contributed by atoms with Crippen LogP contribution in [0.2, 0.25) is 0 Å². The minimum Gasteiger partial charge on any atom is -0.398 e. The van der Waals surface area contributed by atoms with E-state index in [0.29, 0.717) is 6.04 Å². The Morgan fingerprint density at radius 1 is 1.15 bits per heavy atom. The molecule has 1 fully saturated rings. The summed E-state index contributed by atoms with van der Waals surface area (Å²) in [5.74, 6) is 0.773. The smallest absolute Gasteiger partial charge is 0.0994 e. The molecule has 0 aliphatic heterocycles. The number of aryl methyl sites for hydroxylation is 1. The molecule has 2 aromatic carbocycles. The van der Waals surface area contributed by atoms with Gasteiger partial charge in [-0.25, -0.2) is 0 Å². The van der Waals surface area contributed by atoms with Crippen molar-refractivity contribution in [2.45, 2.75) is 46.1 Å². The van der Waals surface area contributed by atoms with Gasteiger partial charge in [-0.2, -0.15) is 5.26 Å². The Balaban J connectivity index is 2.01. The fourth-order valence-electron chi connectivity index (χ4n) is 4.41. The highest BCUT2D eigenvalue weighted by Gasteiger charge is 2.25. The summed E-state index contributed by atoms with van der Waals surface area (Å²) in [4.78, 5) is 0. The molecule has 2 atom stereocenters. The SMILES string of the molecule is Cc1cc2c(cc1C#N)c(-c1cccc(N)c1C)cn2C1CCC(C)C1. The van der Waals surface area contributed by atoms with Crippen molar-refractivity contribution in [3.05, 3.63) is 53.2 Å². The van der Waals surface area contributed by atoms with E-state index in [1.165, 1.54) is 30.3 Å². The molecule has 3 heteroatoms. The fraction of sp³-hybridized carbons (Fsp3) is 0.348. The highest BCUT2D eigenvalue weighted by molar-refractivity contribution is 5.98. The highest BCUT2D eigenvalue weighted by atomic mass is 15.0. The lowest BCUT2D eigenvalue weighted by Gasteiger charge is -2.14. The first-order chi connectivity index (χ1) is 12.5. The van der Waals surface area contributed by atoms with E-state index in [2.05, 4.69) is 48.9 Å². The summed E-state index contributed by atoms with van der Waals surface area (Å²) in [5.41, 5.74) is 13.4. The summed E-state index contributed by atoms with van der Waals surface area (Å²) in [6, 6.07) is 13.2. The van der Waals surface area contributed by atoms with Crippen LogP contribution in [0.1, 0.15) is 48.9 Å². The van der Waals surface area contributed by atoms with Crippen molar-refractivity contribution in [1.29, 1.82) is 5.26 Å². The Labute approximate surface area is 155 Å². The zero-order chi connectivity index (χ0) is 18.4. The number of nitriles is 1. The predicted octanol–water partition coefficient (Wildman–Crippen LogP) is 5.74. The van der Waals surface area contributed by atoms with Crippen LogP contribution in [0.25, 0.3) is 22.0 Å². The average Bonchev–Trinajstić information content (AvgIpc) is 3.20. The Morgan fingerprint density at radius 3 is 2.65 bits per heavy atom. The molecule has 2 unspecified atom stereocenters. The lowest BCUT2D eigenvalue weighted by atomic mass is 9.97. The summed E-state index contributed by atoms with van der Waals surface area (Å²) < 4.78 is 2.45. The van der Waals surface area contributed by atoms with Gasteiger partial charge in [0.2, 0.25) is 0 Å². The number of anilines is 1. The topological polar surface area (TPSA) is 54.7 Å². The summed E-state index contributed by atoms with van der Waals surface area (Å²) in [5, 5.41) is 10.7. The molecule has 2 N–H and O–H groups in total. The molecule has 1 aliphatic rings. The van der Waals surface area contributed by atoms with Gasteiger partial charge in [0.25, 0.3) is 0 Å². The first-order valence-corrected chi connectivity index (χ1v) is 9.40. The number of nitrogens with zero attached hydrogens (tertiary/aromatic N) is 2. The zero-order valence-corrected chi connectivity index (χ0v) is 15.7. The Kier molecular flexibility index (Phi) is 4.00. The molecule has 0 saturated heterocycles. The van der Waals surface area contributed by atoms with Gasteiger partial charge in [0, 0.05) is 34.4 Å². The zero-order valence-electron chi connectivity index (χ0n) is 15.7. The average molecular weight is 343 g/mol. The molecule has 26 heavy (non-hydrogen) atoms. The van der Waals surface area contributed by atoms with Crippen LogP contribution in [0, 0.1) is 31.1 Å². The molecule has 0 spiro atoms. The van der Waals surface area contributed by atoms with Gasteiger partial charge < -0.3 is 10.3 Å². The van der Waals surface area contributed by atoms with E-state index >= 15 is 0 Å². The number of benzene rings is 2. The maximum atomic E-state index is 9.51. The van der Waals surface area contributed by atoms with Gasteiger partial charge in [-0.05, 0) is 73.9 Å². The quantitative estimate of drug-likeness (QED) is 0.603. The molecule has 1 aromatic heterocycles. The van der Waals surface area contributed by atoms with Gasteiger partial charge in [-0.15, -0.1) is 0 Å². The monoisotopic (exact) mass is 343 g/mol. The molecule has 1 heterocycles. The number of fused-ring (bicyclic) bond motifs is 1. The molecule has 3 aromatic rings. The van der Waals surface area contributed by atoms with Crippen molar-refractivity contribution in [2.75, 3.05) is 5.73 Å². The van der Waals surface area contributed by atoms with Crippen LogP contribution in [-0.4, -0.2) is 4.57 Å². The van der Waals surface area contributed by atoms with E-state index < -0.39 is 0 Å². The molecule has 4 rings (SSSR count). The number of nitrogen functional groups attached to an aromatic ring is 1. The first-order valence-electron chi connectivity index (χ1n) is 9.40. The van der Waals surface area contributed by atoms with Crippen LogP contribution < -0.4 is 5.73 Å². The van der Waals surface area contributed by atoms with E-state index in [-0.39, 0.29) is 0 Å². The van der Waals surface area contributed by atoms with Gasteiger partial charge >= 0.3 is 0 Å². The number of rotatable bonds is 2. The first kappa shape index (κ1) is 16.7. The number of nitrogens with two attached hydrogens (primary N) is 1. The summed E-state index contributed by atoms with van der Waals surface area (Å²) in [7, 11) is 0. The van der Waals surface area contributed by atoms with Gasteiger partial charge in [0.05, 0.1) is 11.6 Å². The molecule has 0 radical (unpaired) electrons. The predicted molar refractivity (Wildman–Crippen MR) is 108 cm³/mol. The summed E-state index contributed by atoms with van der Waals surface area (Å²) in [6.07, 6.45) is 6.01. The minimum atomic E-state index is 0.537. The molecular formula is C23H25N3. The number of hydrogen-bond donors (Lipinski definition) is 1. The molecule has 132 valence electrons. The van der Waals surface area contributed by atoms with Gasteiger partial charge in [0.1, 0.15) is 0 Å². The molecule has 1 aliphatic carbocycles.